The maximum absolute atomic E-state index is 11.0. The summed E-state index contributed by atoms with van der Waals surface area (Å²) in [7, 11) is 0. The monoisotopic (exact) mass is 306 g/mol. The fraction of sp³-hybridized carbons (Fsp3) is 0.125. The van der Waals surface area contributed by atoms with Gasteiger partial charge in [-0.05, 0) is 18.2 Å². The molecule has 0 unspecified atom stereocenters. The van der Waals surface area contributed by atoms with Gasteiger partial charge >= 0.3 is 0 Å². The molecule has 0 bridgehead atoms. The van der Waals surface area contributed by atoms with Crippen LogP contribution in [0.25, 0.3) is 0 Å². The van der Waals surface area contributed by atoms with Crippen molar-refractivity contribution in [2.24, 2.45) is 0 Å². The number of benzene rings is 1. The standard InChI is InChI=1S/C8H6Br2NO2/c9-11(10)8(12)6-13-7-4-2-1-3-5-7/h1-2,4-5H,6H2. The molecule has 0 saturated carbocycles. The van der Waals surface area contributed by atoms with Crippen molar-refractivity contribution >= 4 is 38.2 Å². The van der Waals surface area contributed by atoms with Gasteiger partial charge in [-0.1, -0.05) is 12.1 Å². The molecule has 0 aliphatic rings. The smallest absolute Gasteiger partial charge is 0.280 e. The van der Waals surface area contributed by atoms with Crippen LogP contribution in [-0.2, 0) is 4.79 Å². The van der Waals surface area contributed by atoms with Crippen LogP contribution in [0.3, 0.4) is 0 Å². The van der Waals surface area contributed by atoms with Crippen molar-refractivity contribution in [2.75, 3.05) is 6.61 Å². The van der Waals surface area contributed by atoms with Crippen molar-refractivity contribution in [3.8, 4) is 5.75 Å². The Morgan fingerprint density at radius 1 is 1.62 bits per heavy atom. The number of nitrogens with zero attached hydrogens (tertiary/aromatic N) is 1. The van der Waals surface area contributed by atoms with Crippen LogP contribution >= 0.6 is 32.3 Å². The van der Waals surface area contributed by atoms with Crippen LogP contribution in [0.1, 0.15) is 0 Å². The van der Waals surface area contributed by atoms with Gasteiger partial charge in [-0.25, -0.2) is 2.95 Å². The van der Waals surface area contributed by atoms with E-state index in [4.69, 9.17) is 4.74 Å². The fourth-order valence-electron chi connectivity index (χ4n) is 0.661. The molecule has 13 heavy (non-hydrogen) atoms. The second-order valence-electron chi connectivity index (χ2n) is 2.15. The Balaban J connectivity index is 2.40. The van der Waals surface area contributed by atoms with E-state index in [1.165, 1.54) is 0 Å². The molecule has 5 heteroatoms. The Hall–Kier alpha value is -0.550. The van der Waals surface area contributed by atoms with Crippen LogP contribution in [0.15, 0.2) is 24.3 Å². The van der Waals surface area contributed by atoms with Gasteiger partial charge in [0.2, 0.25) is 0 Å². The number of hydrogen-bond donors (Lipinski definition) is 0. The molecule has 0 spiro atoms. The lowest BCUT2D eigenvalue weighted by Crippen LogP contribution is -2.18. The predicted molar refractivity (Wildman–Crippen MR) is 55.5 cm³/mol. The Kier molecular flexibility index (Phi) is 4.24. The maximum Gasteiger partial charge on any atom is 0.280 e. The minimum atomic E-state index is -0.219. The molecular weight excluding hydrogens is 302 g/mol. The third kappa shape index (κ3) is 3.78. The van der Waals surface area contributed by atoms with Crippen LogP contribution in [0.5, 0.6) is 5.75 Å². The van der Waals surface area contributed by atoms with Crippen molar-refractivity contribution in [3.05, 3.63) is 30.3 Å². The highest BCUT2D eigenvalue weighted by molar-refractivity contribution is 9.21. The minimum Gasteiger partial charge on any atom is -0.484 e. The molecule has 1 aromatic rings. The number of ether oxygens (including phenoxy) is 1. The van der Waals surface area contributed by atoms with Crippen molar-refractivity contribution in [3.63, 3.8) is 0 Å². The number of halogens is 2. The van der Waals surface area contributed by atoms with Gasteiger partial charge in [0.25, 0.3) is 5.91 Å². The Morgan fingerprint density at radius 2 is 2.38 bits per heavy atom. The highest BCUT2D eigenvalue weighted by Crippen LogP contribution is 2.10. The van der Waals surface area contributed by atoms with Gasteiger partial charge < -0.3 is 4.74 Å². The van der Waals surface area contributed by atoms with E-state index in [-0.39, 0.29) is 12.5 Å². The Morgan fingerprint density at radius 3 is 2.92 bits per heavy atom. The number of amides is 1. The van der Waals surface area contributed by atoms with Gasteiger partial charge in [0.1, 0.15) is 5.75 Å². The van der Waals surface area contributed by atoms with Gasteiger partial charge in [-0.2, -0.15) is 0 Å². The molecule has 0 atom stereocenters. The maximum atomic E-state index is 11.0. The normalized spacial score (nSPS) is 9.38. The van der Waals surface area contributed by atoms with Crippen LogP contribution in [-0.4, -0.2) is 15.5 Å². The predicted octanol–water partition coefficient (Wildman–Crippen LogP) is 2.31. The van der Waals surface area contributed by atoms with Crippen LogP contribution in [0.4, 0.5) is 0 Å². The van der Waals surface area contributed by atoms with E-state index in [1.54, 1.807) is 24.3 Å². The molecular formula is C8H6Br2NO2. The molecule has 0 aromatic heterocycles. The lowest BCUT2D eigenvalue weighted by atomic mass is 10.3. The SMILES string of the molecule is O=C(COc1c[c]ccc1)N(Br)Br. The third-order valence-corrected chi connectivity index (χ3v) is 2.02. The van der Waals surface area contributed by atoms with E-state index in [1.807, 2.05) is 0 Å². The van der Waals surface area contributed by atoms with Gasteiger partial charge in [0.05, 0.1) is 32.3 Å². The van der Waals surface area contributed by atoms with E-state index in [9.17, 15) is 4.79 Å². The minimum absolute atomic E-state index is 0.0195. The zero-order valence-electron chi connectivity index (χ0n) is 6.54. The van der Waals surface area contributed by atoms with Crippen molar-refractivity contribution < 1.29 is 9.53 Å². The number of hydrogen-bond acceptors (Lipinski definition) is 2. The molecule has 0 aliphatic heterocycles. The first-order valence-corrected chi connectivity index (χ1v) is 4.85. The Labute approximate surface area is 93.4 Å². The average molecular weight is 308 g/mol. The first-order chi connectivity index (χ1) is 6.20. The lowest BCUT2D eigenvalue weighted by Gasteiger charge is -2.06. The Bertz CT molecular complexity index is 277. The van der Waals surface area contributed by atoms with Gasteiger partial charge in [0.15, 0.2) is 6.61 Å². The summed E-state index contributed by atoms with van der Waals surface area (Å²) in [6.07, 6.45) is 0. The van der Waals surface area contributed by atoms with Crippen LogP contribution in [0.2, 0.25) is 0 Å². The second kappa shape index (κ2) is 5.24. The van der Waals surface area contributed by atoms with Crippen molar-refractivity contribution in [1.82, 2.24) is 2.95 Å². The summed E-state index contributed by atoms with van der Waals surface area (Å²) in [6.45, 7) is -0.0195. The highest BCUT2D eigenvalue weighted by atomic mass is 79.9. The summed E-state index contributed by atoms with van der Waals surface area (Å²) in [4.78, 5) is 11.0. The summed E-state index contributed by atoms with van der Waals surface area (Å²) in [5.41, 5.74) is 0. The van der Waals surface area contributed by atoms with Crippen LogP contribution in [0, 0.1) is 6.07 Å². The average Bonchev–Trinajstić information content (AvgIpc) is 2.15. The summed E-state index contributed by atoms with van der Waals surface area (Å²) in [6, 6.07) is 9.82. The summed E-state index contributed by atoms with van der Waals surface area (Å²) in [5, 5.41) is 0. The lowest BCUT2D eigenvalue weighted by molar-refractivity contribution is -0.124. The fourth-order valence-corrected chi connectivity index (χ4v) is 0.865. The zero-order chi connectivity index (χ0) is 9.68. The van der Waals surface area contributed by atoms with Gasteiger partial charge in [0, 0.05) is 0 Å². The van der Waals surface area contributed by atoms with E-state index >= 15 is 0 Å². The first kappa shape index (κ1) is 10.5. The zero-order valence-corrected chi connectivity index (χ0v) is 9.71. The first-order valence-electron chi connectivity index (χ1n) is 3.43. The van der Waals surface area contributed by atoms with Gasteiger partial charge in [-0.15, -0.1) is 0 Å². The molecule has 69 valence electrons. The molecule has 1 amide bonds. The third-order valence-electron chi connectivity index (χ3n) is 1.23. The molecule has 1 aromatic carbocycles. The molecule has 3 nitrogen and oxygen atoms in total. The molecule has 0 aliphatic carbocycles. The molecule has 0 heterocycles. The molecule has 0 fully saturated rings. The van der Waals surface area contributed by atoms with Gasteiger partial charge in [-0.3, -0.25) is 4.79 Å². The largest absolute Gasteiger partial charge is 0.484 e. The molecule has 1 radical (unpaired) electrons. The highest BCUT2D eigenvalue weighted by Gasteiger charge is 2.07. The van der Waals surface area contributed by atoms with E-state index in [2.05, 4.69) is 38.4 Å². The van der Waals surface area contributed by atoms with E-state index < -0.39 is 0 Å². The summed E-state index contributed by atoms with van der Waals surface area (Å²) in [5.74, 6) is 0.404. The summed E-state index contributed by atoms with van der Waals surface area (Å²) >= 11 is 5.85. The number of carbonyl (C=O) groups excluding carboxylic acids is 1. The molecule has 0 saturated heterocycles. The molecule has 1 rings (SSSR count). The quantitative estimate of drug-likeness (QED) is 0.802. The molecule has 0 N–H and O–H groups in total. The van der Waals surface area contributed by atoms with E-state index in [0.717, 1.165) is 2.95 Å². The second-order valence-corrected chi connectivity index (χ2v) is 4.52. The van der Waals surface area contributed by atoms with E-state index in [0.29, 0.717) is 5.75 Å². The topological polar surface area (TPSA) is 29.5 Å². The summed E-state index contributed by atoms with van der Waals surface area (Å²) < 4.78 is 6.26. The van der Waals surface area contributed by atoms with Crippen molar-refractivity contribution in [1.29, 1.82) is 0 Å². The number of rotatable bonds is 3. The van der Waals surface area contributed by atoms with Crippen molar-refractivity contribution in [2.45, 2.75) is 0 Å². The van der Waals surface area contributed by atoms with Crippen LogP contribution < -0.4 is 4.74 Å². The number of carbonyl (C=O) groups is 1.